The minimum absolute atomic E-state index is 0.0526. The largest absolute Gasteiger partial charge is 0.372 e. The third-order valence-corrected chi connectivity index (χ3v) is 2.91. The molecule has 0 aliphatic carbocycles. The lowest BCUT2D eigenvalue weighted by atomic mass is 10.4. The van der Waals surface area contributed by atoms with E-state index in [2.05, 4.69) is 20.6 Å². The summed E-state index contributed by atoms with van der Waals surface area (Å²) in [5.41, 5.74) is 0.741. The second-order valence-corrected chi connectivity index (χ2v) is 4.05. The average Bonchev–Trinajstić information content (AvgIpc) is 2.91. The predicted molar refractivity (Wildman–Crippen MR) is 74.5 cm³/mol. The number of nitrogens with one attached hydrogen (secondary N) is 2. The lowest BCUT2D eigenvalue weighted by Gasteiger charge is -2.21. The van der Waals surface area contributed by atoms with Crippen molar-refractivity contribution in [2.24, 2.45) is 0 Å². The van der Waals surface area contributed by atoms with Crippen LogP contribution in [0, 0.1) is 0 Å². The lowest BCUT2D eigenvalue weighted by molar-refractivity contribution is -0.119. The monoisotopic (exact) mass is 262 g/mol. The van der Waals surface area contributed by atoms with Crippen LogP contribution in [0.1, 0.15) is 6.92 Å². The maximum absolute atomic E-state index is 11.6. The van der Waals surface area contributed by atoms with Gasteiger partial charge in [0.05, 0.1) is 12.7 Å². The number of rotatable bonds is 5. The Balaban J connectivity index is 2.45. The fourth-order valence-electron chi connectivity index (χ4n) is 1.84. The van der Waals surface area contributed by atoms with Crippen molar-refractivity contribution in [1.29, 1.82) is 0 Å². The first-order valence-electron chi connectivity index (χ1n) is 6.16. The number of amides is 1. The Hall–Kier alpha value is -2.31. The number of hydrogen-bond acceptors (Lipinski definition) is 5. The molecule has 7 nitrogen and oxygen atoms in total. The zero-order valence-electron chi connectivity index (χ0n) is 11.3. The zero-order valence-corrected chi connectivity index (χ0v) is 11.3. The van der Waals surface area contributed by atoms with E-state index in [4.69, 9.17) is 0 Å². The summed E-state index contributed by atoms with van der Waals surface area (Å²) in [6, 6.07) is 0. The van der Waals surface area contributed by atoms with E-state index in [0.717, 1.165) is 11.5 Å². The van der Waals surface area contributed by atoms with Crippen molar-refractivity contribution in [2.75, 3.05) is 37.4 Å². The van der Waals surface area contributed by atoms with Gasteiger partial charge in [0.25, 0.3) is 0 Å². The van der Waals surface area contributed by atoms with E-state index in [1.165, 1.54) is 0 Å². The van der Waals surface area contributed by atoms with Crippen LogP contribution < -0.4 is 15.5 Å². The summed E-state index contributed by atoms with van der Waals surface area (Å²) in [6.45, 7) is 2.92. The molecule has 2 N–H and O–H groups in total. The number of nitrogens with zero attached hydrogens (tertiary/aromatic N) is 4. The van der Waals surface area contributed by atoms with Gasteiger partial charge >= 0.3 is 0 Å². The Morgan fingerprint density at radius 3 is 2.89 bits per heavy atom. The van der Waals surface area contributed by atoms with Gasteiger partial charge in [0.2, 0.25) is 5.91 Å². The maximum Gasteiger partial charge on any atom is 0.239 e. The number of hydrogen-bond donors (Lipinski definition) is 2. The molecule has 0 atom stereocenters. The second-order valence-electron chi connectivity index (χ2n) is 4.05. The maximum atomic E-state index is 11.6. The standard InChI is InChI=1S/C12H18N6O/c1-4-17(8-10(19)14-3)12-11-15-5-6-18(11)7-9(13-2)16-12/h5-7,13H,4,8H2,1-3H3,(H,14,19). The topological polar surface area (TPSA) is 74.6 Å². The molecule has 2 aromatic rings. The average molecular weight is 262 g/mol. The molecule has 0 aromatic carbocycles. The molecular formula is C12H18N6O. The Morgan fingerprint density at radius 1 is 1.47 bits per heavy atom. The van der Waals surface area contributed by atoms with E-state index in [-0.39, 0.29) is 12.5 Å². The van der Waals surface area contributed by atoms with Gasteiger partial charge in [-0.2, -0.15) is 0 Å². The molecule has 0 saturated heterocycles. The number of carbonyl (C=O) groups is 1. The first kappa shape index (κ1) is 13.1. The molecule has 2 aromatic heterocycles. The summed E-state index contributed by atoms with van der Waals surface area (Å²) >= 11 is 0. The molecule has 0 bridgehead atoms. The zero-order chi connectivity index (χ0) is 13.8. The van der Waals surface area contributed by atoms with E-state index >= 15 is 0 Å². The minimum atomic E-state index is -0.0526. The number of carbonyl (C=O) groups excluding carboxylic acids is 1. The molecule has 0 aliphatic rings. The third-order valence-electron chi connectivity index (χ3n) is 2.91. The highest BCUT2D eigenvalue weighted by Gasteiger charge is 2.15. The van der Waals surface area contributed by atoms with Gasteiger partial charge in [-0.25, -0.2) is 9.97 Å². The summed E-state index contributed by atoms with van der Waals surface area (Å²) in [4.78, 5) is 22.2. The van der Waals surface area contributed by atoms with Crippen molar-refractivity contribution in [3.05, 3.63) is 18.6 Å². The first-order valence-corrected chi connectivity index (χ1v) is 6.16. The highest BCUT2D eigenvalue weighted by atomic mass is 16.1. The Kier molecular flexibility index (Phi) is 3.84. The molecule has 2 rings (SSSR count). The van der Waals surface area contributed by atoms with Crippen LogP contribution in [0.2, 0.25) is 0 Å². The van der Waals surface area contributed by atoms with Crippen LogP contribution in [-0.2, 0) is 4.79 Å². The van der Waals surface area contributed by atoms with Gasteiger partial charge in [-0.05, 0) is 6.92 Å². The number of imidazole rings is 1. The molecule has 0 fully saturated rings. The lowest BCUT2D eigenvalue weighted by Crippen LogP contribution is -2.36. The van der Waals surface area contributed by atoms with Gasteiger partial charge in [0, 0.05) is 33.0 Å². The highest BCUT2D eigenvalue weighted by Crippen LogP contribution is 2.20. The van der Waals surface area contributed by atoms with Crippen LogP contribution >= 0.6 is 0 Å². The Bertz CT molecular complexity index is 579. The van der Waals surface area contributed by atoms with E-state index < -0.39 is 0 Å². The number of anilines is 2. The van der Waals surface area contributed by atoms with E-state index in [9.17, 15) is 4.79 Å². The fourth-order valence-corrected chi connectivity index (χ4v) is 1.84. The summed E-state index contributed by atoms with van der Waals surface area (Å²) < 4.78 is 1.89. The molecule has 0 saturated carbocycles. The van der Waals surface area contributed by atoms with E-state index in [0.29, 0.717) is 12.4 Å². The number of aromatic nitrogens is 3. The normalized spacial score (nSPS) is 10.5. The summed E-state index contributed by atoms with van der Waals surface area (Å²) in [5.74, 6) is 1.38. The summed E-state index contributed by atoms with van der Waals surface area (Å²) in [6.07, 6.45) is 5.43. The van der Waals surface area contributed by atoms with E-state index in [1.54, 1.807) is 13.2 Å². The van der Waals surface area contributed by atoms with Gasteiger partial charge in [-0.1, -0.05) is 0 Å². The van der Waals surface area contributed by atoms with Crippen molar-refractivity contribution in [2.45, 2.75) is 6.92 Å². The van der Waals surface area contributed by atoms with Gasteiger partial charge in [-0.15, -0.1) is 0 Å². The van der Waals surface area contributed by atoms with Crippen molar-refractivity contribution in [3.63, 3.8) is 0 Å². The predicted octanol–water partition coefficient (Wildman–Crippen LogP) is 0.343. The molecule has 2 heterocycles. The second kappa shape index (κ2) is 5.55. The smallest absolute Gasteiger partial charge is 0.239 e. The van der Waals surface area contributed by atoms with Gasteiger partial charge < -0.3 is 19.9 Å². The minimum Gasteiger partial charge on any atom is -0.372 e. The number of likely N-dealkylation sites (N-methyl/N-ethyl adjacent to an activating group) is 2. The quantitative estimate of drug-likeness (QED) is 0.813. The molecule has 7 heteroatoms. The SMILES string of the molecule is CCN(CC(=O)NC)c1nc(NC)cn2ccnc12. The van der Waals surface area contributed by atoms with Gasteiger partial charge in [0.15, 0.2) is 11.5 Å². The molecular weight excluding hydrogens is 244 g/mol. The van der Waals surface area contributed by atoms with Crippen LogP contribution in [0.4, 0.5) is 11.6 Å². The first-order chi connectivity index (χ1) is 9.19. The van der Waals surface area contributed by atoms with Gasteiger partial charge in [-0.3, -0.25) is 4.79 Å². The molecule has 1 amide bonds. The summed E-state index contributed by atoms with van der Waals surface area (Å²) in [7, 11) is 3.43. The van der Waals surface area contributed by atoms with Crippen molar-refractivity contribution in [3.8, 4) is 0 Å². The molecule has 0 unspecified atom stereocenters. The van der Waals surface area contributed by atoms with Crippen LogP contribution in [0.15, 0.2) is 18.6 Å². The molecule has 102 valence electrons. The van der Waals surface area contributed by atoms with Crippen LogP contribution in [0.3, 0.4) is 0 Å². The molecule has 0 aliphatic heterocycles. The van der Waals surface area contributed by atoms with Crippen LogP contribution in [0.5, 0.6) is 0 Å². The molecule has 0 radical (unpaired) electrons. The summed E-state index contributed by atoms with van der Waals surface area (Å²) in [5, 5.41) is 5.63. The van der Waals surface area contributed by atoms with Gasteiger partial charge in [0.1, 0.15) is 5.82 Å². The van der Waals surface area contributed by atoms with E-state index in [1.807, 2.05) is 35.7 Å². The molecule has 0 spiro atoms. The van der Waals surface area contributed by atoms with Crippen molar-refractivity contribution < 1.29 is 4.79 Å². The molecule has 19 heavy (non-hydrogen) atoms. The fraction of sp³-hybridized carbons (Fsp3) is 0.417. The highest BCUT2D eigenvalue weighted by molar-refractivity contribution is 5.82. The Morgan fingerprint density at radius 2 is 2.26 bits per heavy atom. The third kappa shape index (κ3) is 2.59. The Labute approximate surface area is 111 Å². The van der Waals surface area contributed by atoms with Crippen molar-refractivity contribution >= 4 is 23.2 Å². The number of fused-ring (bicyclic) bond motifs is 1. The van der Waals surface area contributed by atoms with Crippen molar-refractivity contribution in [1.82, 2.24) is 19.7 Å². The van der Waals surface area contributed by atoms with Crippen LogP contribution in [-0.4, -0.2) is 47.5 Å². The van der Waals surface area contributed by atoms with Crippen LogP contribution in [0.25, 0.3) is 5.65 Å².